The third-order valence-corrected chi connectivity index (χ3v) is 3.03. The highest BCUT2D eigenvalue weighted by atomic mass is 35.5. The fraction of sp³-hybridized carbons (Fsp3) is 0.250. The van der Waals surface area contributed by atoms with E-state index < -0.39 is 11.7 Å². The van der Waals surface area contributed by atoms with E-state index in [0.717, 1.165) is 0 Å². The van der Waals surface area contributed by atoms with Crippen LogP contribution < -0.4 is 16.8 Å². The Morgan fingerprint density at radius 2 is 1.96 bits per heavy atom. The molecule has 0 fully saturated rings. The third kappa shape index (κ3) is 4.50. The second kappa shape index (κ2) is 6.34. The Hall–Kier alpha value is -2.47. The van der Waals surface area contributed by atoms with Gasteiger partial charge in [-0.05, 0) is 32.9 Å². The van der Waals surface area contributed by atoms with Crippen LogP contribution in [0.3, 0.4) is 0 Å². The van der Waals surface area contributed by atoms with Gasteiger partial charge >= 0.3 is 6.09 Å². The van der Waals surface area contributed by atoms with Gasteiger partial charge in [0.15, 0.2) is 0 Å². The van der Waals surface area contributed by atoms with Gasteiger partial charge in [0, 0.05) is 17.3 Å². The fourth-order valence-corrected chi connectivity index (χ4v) is 2.13. The van der Waals surface area contributed by atoms with Crippen LogP contribution in [0, 0.1) is 0 Å². The second-order valence-electron chi connectivity index (χ2n) is 6.00. The van der Waals surface area contributed by atoms with Gasteiger partial charge in [-0.1, -0.05) is 23.7 Å². The lowest BCUT2D eigenvalue weighted by molar-refractivity contribution is 0.0636. The predicted molar refractivity (Wildman–Crippen MR) is 93.4 cm³/mol. The molecular weight excluding hydrogens is 316 g/mol. The van der Waals surface area contributed by atoms with Crippen LogP contribution in [0.25, 0.3) is 11.3 Å². The molecular formula is C16H19ClN4O2. The maximum Gasteiger partial charge on any atom is 0.412 e. The summed E-state index contributed by atoms with van der Waals surface area (Å²) in [7, 11) is 0. The number of amides is 1. The number of rotatable bonds is 2. The molecule has 0 aliphatic carbocycles. The quantitative estimate of drug-likeness (QED) is 0.722. The van der Waals surface area contributed by atoms with Crippen molar-refractivity contribution < 1.29 is 9.53 Å². The van der Waals surface area contributed by atoms with E-state index in [0.29, 0.717) is 28.3 Å². The van der Waals surface area contributed by atoms with Crippen LogP contribution >= 0.6 is 11.6 Å². The molecule has 2 aromatic rings. The Labute approximate surface area is 139 Å². The average molecular weight is 335 g/mol. The van der Waals surface area contributed by atoms with Crippen LogP contribution in [-0.2, 0) is 4.74 Å². The molecule has 7 heteroatoms. The van der Waals surface area contributed by atoms with Gasteiger partial charge in [-0.15, -0.1) is 0 Å². The number of nitrogens with zero attached hydrogens (tertiary/aromatic N) is 1. The van der Waals surface area contributed by atoms with Crippen LogP contribution in [0.1, 0.15) is 20.8 Å². The first-order valence-corrected chi connectivity index (χ1v) is 7.35. The lowest BCUT2D eigenvalue weighted by Gasteiger charge is -2.19. The molecule has 1 heterocycles. The van der Waals surface area contributed by atoms with Crippen LogP contribution in [0.2, 0.25) is 5.15 Å². The number of nitrogen functional groups attached to an aromatic ring is 2. The molecule has 122 valence electrons. The molecule has 0 saturated carbocycles. The van der Waals surface area contributed by atoms with Crippen LogP contribution in [0.15, 0.2) is 30.3 Å². The van der Waals surface area contributed by atoms with Gasteiger partial charge in [-0.3, -0.25) is 5.32 Å². The summed E-state index contributed by atoms with van der Waals surface area (Å²) in [6, 6.07) is 8.51. The first kappa shape index (κ1) is 16.9. The highest BCUT2D eigenvalue weighted by Gasteiger charge is 2.16. The SMILES string of the molecule is CC(C)(C)OC(=O)Nc1cccc(-c2nc(Cl)cc(N)c2N)c1. The lowest BCUT2D eigenvalue weighted by Crippen LogP contribution is -2.27. The number of hydrogen-bond donors (Lipinski definition) is 3. The molecule has 23 heavy (non-hydrogen) atoms. The molecule has 0 aliphatic heterocycles. The van der Waals surface area contributed by atoms with Crippen molar-refractivity contribution in [3.8, 4) is 11.3 Å². The Kier molecular flexibility index (Phi) is 4.65. The molecule has 1 amide bonds. The number of benzene rings is 1. The molecule has 2 rings (SSSR count). The first-order valence-electron chi connectivity index (χ1n) is 6.97. The summed E-state index contributed by atoms with van der Waals surface area (Å²) in [5, 5.41) is 2.91. The summed E-state index contributed by atoms with van der Waals surface area (Å²) >= 11 is 5.93. The topological polar surface area (TPSA) is 103 Å². The summed E-state index contributed by atoms with van der Waals surface area (Å²) in [5.41, 5.74) is 13.6. The normalized spacial score (nSPS) is 11.1. The summed E-state index contributed by atoms with van der Waals surface area (Å²) in [5.74, 6) is 0. The number of aromatic nitrogens is 1. The molecule has 0 unspecified atom stereocenters. The third-order valence-electron chi connectivity index (χ3n) is 2.84. The summed E-state index contributed by atoms with van der Waals surface area (Å²) in [6.45, 7) is 5.38. The van der Waals surface area contributed by atoms with E-state index in [-0.39, 0.29) is 5.15 Å². The Balaban J connectivity index is 2.29. The van der Waals surface area contributed by atoms with Crippen LogP contribution in [-0.4, -0.2) is 16.7 Å². The Morgan fingerprint density at radius 1 is 1.26 bits per heavy atom. The highest BCUT2D eigenvalue weighted by Crippen LogP contribution is 2.31. The van der Waals surface area contributed by atoms with Crippen molar-refractivity contribution in [3.63, 3.8) is 0 Å². The van der Waals surface area contributed by atoms with Crippen molar-refractivity contribution in [2.75, 3.05) is 16.8 Å². The zero-order valence-electron chi connectivity index (χ0n) is 13.2. The van der Waals surface area contributed by atoms with Crippen molar-refractivity contribution >= 4 is 34.8 Å². The Morgan fingerprint density at radius 3 is 2.61 bits per heavy atom. The smallest absolute Gasteiger partial charge is 0.412 e. The molecule has 0 atom stereocenters. The minimum atomic E-state index is -0.574. The number of carbonyl (C=O) groups excluding carboxylic acids is 1. The van der Waals surface area contributed by atoms with E-state index in [1.54, 1.807) is 45.0 Å². The van der Waals surface area contributed by atoms with Gasteiger partial charge in [0.05, 0.1) is 17.1 Å². The van der Waals surface area contributed by atoms with Crippen LogP contribution in [0.4, 0.5) is 21.9 Å². The maximum atomic E-state index is 11.8. The minimum absolute atomic E-state index is 0.247. The number of hydrogen-bond acceptors (Lipinski definition) is 5. The number of nitrogens with two attached hydrogens (primary N) is 2. The molecule has 1 aromatic carbocycles. The first-order chi connectivity index (χ1) is 10.7. The van der Waals surface area contributed by atoms with E-state index in [4.69, 9.17) is 27.8 Å². The number of halogens is 1. The van der Waals surface area contributed by atoms with Crippen molar-refractivity contribution in [2.24, 2.45) is 0 Å². The van der Waals surface area contributed by atoms with E-state index in [1.165, 1.54) is 6.07 Å². The van der Waals surface area contributed by atoms with Gasteiger partial charge in [0.2, 0.25) is 0 Å². The van der Waals surface area contributed by atoms with Crippen molar-refractivity contribution in [1.29, 1.82) is 0 Å². The number of anilines is 3. The van der Waals surface area contributed by atoms with Gasteiger partial charge in [-0.2, -0.15) is 0 Å². The number of carbonyl (C=O) groups is 1. The van der Waals surface area contributed by atoms with E-state index >= 15 is 0 Å². The zero-order valence-corrected chi connectivity index (χ0v) is 13.9. The molecule has 0 radical (unpaired) electrons. The molecule has 0 saturated heterocycles. The predicted octanol–water partition coefficient (Wildman–Crippen LogP) is 3.91. The van der Waals surface area contributed by atoms with Gasteiger partial charge < -0.3 is 16.2 Å². The lowest BCUT2D eigenvalue weighted by atomic mass is 10.1. The van der Waals surface area contributed by atoms with Crippen molar-refractivity contribution in [3.05, 3.63) is 35.5 Å². The monoisotopic (exact) mass is 334 g/mol. The average Bonchev–Trinajstić information content (AvgIpc) is 2.41. The second-order valence-corrected chi connectivity index (χ2v) is 6.39. The van der Waals surface area contributed by atoms with Crippen molar-refractivity contribution in [1.82, 2.24) is 4.98 Å². The fourth-order valence-electron chi connectivity index (χ4n) is 1.93. The molecule has 6 nitrogen and oxygen atoms in total. The minimum Gasteiger partial charge on any atom is -0.444 e. The standard InChI is InChI=1S/C16H19ClN4O2/c1-16(2,3)23-15(22)20-10-6-4-5-9(7-10)14-13(19)11(18)8-12(17)21-14/h4-8H,19H2,1-3H3,(H2,18,21)(H,20,22). The van der Waals surface area contributed by atoms with Crippen molar-refractivity contribution in [2.45, 2.75) is 26.4 Å². The number of nitrogens with one attached hydrogen (secondary N) is 1. The Bertz CT molecular complexity index is 741. The molecule has 5 N–H and O–H groups in total. The maximum absolute atomic E-state index is 11.8. The number of ether oxygens (including phenoxy) is 1. The van der Waals surface area contributed by atoms with Gasteiger partial charge in [0.25, 0.3) is 0 Å². The molecule has 0 bridgehead atoms. The summed E-state index contributed by atoms with van der Waals surface area (Å²) in [4.78, 5) is 16.0. The summed E-state index contributed by atoms with van der Waals surface area (Å²) < 4.78 is 5.22. The van der Waals surface area contributed by atoms with E-state index in [1.807, 2.05) is 0 Å². The molecule has 0 aliphatic rings. The largest absolute Gasteiger partial charge is 0.444 e. The number of pyridine rings is 1. The van der Waals surface area contributed by atoms with E-state index in [9.17, 15) is 4.79 Å². The van der Waals surface area contributed by atoms with Gasteiger partial charge in [0.1, 0.15) is 10.8 Å². The molecule has 0 spiro atoms. The van der Waals surface area contributed by atoms with Crippen LogP contribution in [0.5, 0.6) is 0 Å². The summed E-state index contributed by atoms with van der Waals surface area (Å²) in [6.07, 6.45) is -0.541. The highest BCUT2D eigenvalue weighted by molar-refractivity contribution is 6.30. The van der Waals surface area contributed by atoms with Gasteiger partial charge in [-0.25, -0.2) is 9.78 Å². The van der Waals surface area contributed by atoms with E-state index in [2.05, 4.69) is 10.3 Å². The molecule has 1 aromatic heterocycles. The zero-order chi connectivity index (χ0) is 17.2.